The summed E-state index contributed by atoms with van der Waals surface area (Å²) in [5.41, 5.74) is 1.08. The van der Waals surface area contributed by atoms with Gasteiger partial charge in [-0.05, 0) is 36.9 Å². The second kappa shape index (κ2) is 10.6. The van der Waals surface area contributed by atoms with Gasteiger partial charge in [-0.3, -0.25) is 4.90 Å². The van der Waals surface area contributed by atoms with Crippen molar-refractivity contribution in [2.75, 3.05) is 40.6 Å². The average molecular weight is 363 g/mol. The summed E-state index contributed by atoms with van der Waals surface area (Å²) in [4.78, 5) is 2.01. The fourth-order valence-electron chi connectivity index (χ4n) is 2.52. The summed E-state index contributed by atoms with van der Waals surface area (Å²) in [5.74, 6) is 2.03. The Kier molecular flexibility index (Phi) is 8.18. The molecular formula is C20H26FNO4. The van der Waals surface area contributed by atoms with Crippen LogP contribution in [0.25, 0.3) is 0 Å². The summed E-state index contributed by atoms with van der Waals surface area (Å²) in [6.07, 6.45) is -0.613. The molecule has 6 heteroatoms. The molecule has 0 bridgehead atoms. The highest BCUT2D eigenvalue weighted by atomic mass is 19.1. The van der Waals surface area contributed by atoms with Crippen LogP contribution >= 0.6 is 0 Å². The van der Waals surface area contributed by atoms with Gasteiger partial charge in [0, 0.05) is 19.2 Å². The lowest BCUT2D eigenvalue weighted by molar-refractivity contribution is 0.0743. The highest BCUT2D eigenvalue weighted by Crippen LogP contribution is 2.19. The number of aliphatic hydroxyl groups is 1. The minimum atomic E-state index is -0.613. The highest BCUT2D eigenvalue weighted by molar-refractivity contribution is 5.32. The van der Waals surface area contributed by atoms with E-state index in [0.717, 1.165) is 5.56 Å². The Labute approximate surface area is 153 Å². The standard InChI is InChI=1S/C20H26FNO4/c1-22(13-16-6-8-18(9-7-16)25-11-10-21)14-17(23)15-26-20-5-3-4-19(12-20)24-2/h3-9,12,17,23H,10-11,13-15H2,1-2H3/t17-/m0/s1. The molecule has 0 saturated carbocycles. The molecule has 0 aromatic heterocycles. The van der Waals surface area contributed by atoms with Crippen molar-refractivity contribution in [3.63, 3.8) is 0 Å². The van der Waals surface area contributed by atoms with Crippen LogP contribution < -0.4 is 14.2 Å². The fraction of sp³-hybridized carbons (Fsp3) is 0.400. The molecule has 0 amide bonds. The van der Waals surface area contributed by atoms with Crippen LogP contribution in [0.15, 0.2) is 48.5 Å². The van der Waals surface area contributed by atoms with Crippen molar-refractivity contribution >= 4 is 0 Å². The molecule has 0 aliphatic carbocycles. The van der Waals surface area contributed by atoms with E-state index < -0.39 is 12.8 Å². The van der Waals surface area contributed by atoms with E-state index >= 15 is 0 Å². The van der Waals surface area contributed by atoms with Crippen molar-refractivity contribution in [2.24, 2.45) is 0 Å². The van der Waals surface area contributed by atoms with Gasteiger partial charge in [0.2, 0.25) is 0 Å². The summed E-state index contributed by atoms with van der Waals surface area (Å²) >= 11 is 0. The number of aliphatic hydroxyl groups excluding tert-OH is 1. The number of ether oxygens (including phenoxy) is 3. The molecule has 0 aliphatic heterocycles. The van der Waals surface area contributed by atoms with Crippen LogP contribution in [0.1, 0.15) is 5.56 Å². The first-order valence-corrected chi connectivity index (χ1v) is 8.52. The minimum absolute atomic E-state index is 0.0682. The molecular weight excluding hydrogens is 337 g/mol. The van der Waals surface area contributed by atoms with Gasteiger partial charge in [0.05, 0.1) is 7.11 Å². The largest absolute Gasteiger partial charge is 0.497 e. The van der Waals surface area contributed by atoms with Gasteiger partial charge in [0.15, 0.2) is 0 Å². The third-order valence-corrected chi connectivity index (χ3v) is 3.73. The van der Waals surface area contributed by atoms with Gasteiger partial charge < -0.3 is 19.3 Å². The molecule has 0 unspecified atom stereocenters. The molecule has 0 spiro atoms. The van der Waals surface area contributed by atoms with Gasteiger partial charge in [-0.1, -0.05) is 18.2 Å². The maximum atomic E-state index is 12.1. The minimum Gasteiger partial charge on any atom is -0.497 e. The predicted molar refractivity (Wildman–Crippen MR) is 98.7 cm³/mol. The summed E-state index contributed by atoms with van der Waals surface area (Å²) < 4.78 is 28.1. The number of benzene rings is 2. The highest BCUT2D eigenvalue weighted by Gasteiger charge is 2.10. The van der Waals surface area contributed by atoms with Crippen LogP contribution in [-0.2, 0) is 6.54 Å². The molecule has 2 rings (SSSR count). The zero-order valence-electron chi connectivity index (χ0n) is 15.2. The summed E-state index contributed by atoms with van der Waals surface area (Å²) in [6.45, 7) is 0.927. The van der Waals surface area contributed by atoms with Gasteiger partial charge in [-0.15, -0.1) is 0 Å². The molecule has 1 atom stereocenters. The molecule has 5 nitrogen and oxygen atoms in total. The third-order valence-electron chi connectivity index (χ3n) is 3.73. The van der Waals surface area contributed by atoms with E-state index in [9.17, 15) is 9.50 Å². The zero-order valence-corrected chi connectivity index (χ0v) is 15.2. The average Bonchev–Trinajstić information content (AvgIpc) is 2.66. The molecule has 1 N–H and O–H groups in total. The second-order valence-electron chi connectivity index (χ2n) is 6.02. The number of alkyl halides is 1. The smallest absolute Gasteiger partial charge is 0.123 e. The van der Waals surface area contributed by atoms with Crippen molar-refractivity contribution in [2.45, 2.75) is 12.6 Å². The van der Waals surface area contributed by atoms with Crippen LogP contribution in [0.2, 0.25) is 0 Å². The first-order valence-electron chi connectivity index (χ1n) is 8.52. The summed E-state index contributed by atoms with van der Waals surface area (Å²) in [7, 11) is 3.53. The van der Waals surface area contributed by atoms with E-state index in [1.165, 1.54) is 0 Å². The molecule has 0 heterocycles. The van der Waals surface area contributed by atoms with E-state index in [2.05, 4.69) is 0 Å². The molecule has 2 aromatic carbocycles. The number of rotatable bonds is 11. The molecule has 0 aliphatic rings. The van der Waals surface area contributed by atoms with E-state index in [1.807, 2.05) is 54.4 Å². The Bertz CT molecular complexity index is 651. The first-order chi connectivity index (χ1) is 12.6. The predicted octanol–water partition coefficient (Wildman–Crippen LogP) is 2.92. The Hall–Kier alpha value is -2.31. The molecule has 2 aromatic rings. The van der Waals surface area contributed by atoms with Gasteiger partial charge in [0.25, 0.3) is 0 Å². The van der Waals surface area contributed by atoms with Crippen LogP contribution in [0.4, 0.5) is 4.39 Å². The van der Waals surface area contributed by atoms with Gasteiger partial charge in [-0.25, -0.2) is 4.39 Å². The van der Waals surface area contributed by atoms with E-state index in [-0.39, 0.29) is 13.2 Å². The lowest BCUT2D eigenvalue weighted by atomic mass is 10.2. The molecule has 0 fully saturated rings. The maximum absolute atomic E-state index is 12.1. The van der Waals surface area contributed by atoms with Gasteiger partial charge in [-0.2, -0.15) is 0 Å². The Morgan fingerprint density at radius 3 is 2.46 bits per heavy atom. The number of hydrogen-bond acceptors (Lipinski definition) is 5. The fourth-order valence-corrected chi connectivity index (χ4v) is 2.52. The molecule has 0 saturated heterocycles. The third kappa shape index (κ3) is 6.90. The Morgan fingerprint density at radius 2 is 1.77 bits per heavy atom. The van der Waals surface area contributed by atoms with Crippen LogP contribution in [0.5, 0.6) is 17.2 Å². The Balaban J connectivity index is 1.74. The van der Waals surface area contributed by atoms with Crippen molar-refractivity contribution in [1.82, 2.24) is 4.90 Å². The van der Waals surface area contributed by atoms with Crippen molar-refractivity contribution in [3.8, 4) is 17.2 Å². The van der Waals surface area contributed by atoms with Crippen molar-refractivity contribution < 1.29 is 23.7 Å². The quantitative estimate of drug-likeness (QED) is 0.665. The lowest BCUT2D eigenvalue weighted by Gasteiger charge is -2.21. The van der Waals surface area contributed by atoms with Crippen LogP contribution in [-0.4, -0.2) is 56.7 Å². The normalized spacial score (nSPS) is 12.0. The lowest BCUT2D eigenvalue weighted by Crippen LogP contribution is -2.32. The SMILES string of the molecule is COc1cccc(OC[C@@H](O)CN(C)Cc2ccc(OCCF)cc2)c1. The van der Waals surface area contributed by atoms with E-state index in [4.69, 9.17) is 14.2 Å². The monoisotopic (exact) mass is 363 g/mol. The van der Waals surface area contributed by atoms with Crippen LogP contribution in [0, 0.1) is 0 Å². The topological polar surface area (TPSA) is 51.2 Å². The Morgan fingerprint density at radius 1 is 1.04 bits per heavy atom. The maximum Gasteiger partial charge on any atom is 0.123 e. The molecule has 142 valence electrons. The zero-order chi connectivity index (χ0) is 18.8. The number of likely N-dealkylation sites (N-methyl/N-ethyl adjacent to an activating group) is 1. The summed E-state index contributed by atoms with van der Waals surface area (Å²) in [6, 6.07) is 14.8. The molecule has 26 heavy (non-hydrogen) atoms. The van der Waals surface area contributed by atoms with E-state index in [0.29, 0.717) is 30.3 Å². The van der Waals surface area contributed by atoms with Crippen molar-refractivity contribution in [3.05, 3.63) is 54.1 Å². The first kappa shape index (κ1) is 20.0. The number of nitrogens with zero attached hydrogens (tertiary/aromatic N) is 1. The number of halogens is 1. The van der Waals surface area contributed by atoms with Gasteiger partial charge in [0.1, 0.15) is 43.2 Å². The van der Waals surface area contributed by atoms with Crippen LogP contribution in [0.3, 0.4) is 0 Å². The number of methoxy groups -OCH3 is 1. The van der Waals surface area contributed by atoms with E-state index in [1.54, 1.807) is 13.2 Å². The molecule has 0 radical (unpaired) electrons. The summed E-state index contributed by atoms with van der Waals surface area (Å²) in [5, 5.41) is 10.2. The van der Waals surface area contributed by atoms with Crippen molar-refractivity contribution in [1.29, 1.82) is 0 Å². The second-order valence-corrected chi connectivity index (χ2v) is 6.02. The van der Waals surface area contributed by atoms with Gasteiger partial charge >= 0.3 is 0 Å². The number of hydrogen-bond donors (Lipinski definition) is 1.